The Morgan fingerprint density at radius 3 is 2.95 bits per heavy atom. The third-order valence-electron chi connectivity index (χ3n) is 1.84. The Balaban J connectivity index is 2.28. The standard InChI is InChI=1S/C9H14ClN5O2S2/c10-7-2-1-3-13-8(7)6-18-5-4-14-9(11)15-19(12,16)17/h1-3H,4-6H2,(H3,11,14,15)(H2,12,16,17). The van der Waals surface area contributed by atoms with Crippen molar-refractivity contribution in [3.63, 3.8) is 0 Å². The van der Waals surface area contributed by atoms with Gasteiger partial charge in [-0.15, -0.1) is 0 Å². The monoisotopic (exact) mass is 323 g/mol. The minimum atomic E-state index is -3.85. The number of nitrogens with one attached hydrogen (secondary N) is 1. The van der Waals surface area contributed by atoms with Gasteiger partial charge in [0.1, 0.15) is 0 Å². The van der Waals surface area contributed by atoms with Crippen LogP contribution in [0.4, 0.5) is 0 Å². The van der Waals surface area contributed by atoms with E-state index in [1.165, 1.54) is 0 Å². The Bertz CT molecular complexity index is 549. The minimum absolute atomic E-state index is 0.223. The van der Waals surface area contributed by atoms with E-state index in [9.17, 15) is 8.42 Å². The van der Waals surface area contributed by atoms with Crippen molar-refractivity contribution in [3.8, 4) is 0 Å². The van der Waals surface area contributed by atoms with Crippen molar-refractivity contribution in [2.24, 2.45) is 15.9 Å². The first-order chi connectivity index (χ1) is 8.88. The fourth-order valence-corrected chi connectivity index (χ4v) is 2.51. The summed E-state index contributed by atoms with van der Waals surface area (Å²) < 4.78 is 23.1. The molecule has 0 aromatic carbocycles. The van der Waals surface area contributed by atoms with E-state index in [2.05, 4.69) is 9.98 Å². The zero-order valence-electron chi connectivity index (χ0n) is 9.91. The van der Waals surface area contributed by atoms with Gasteiger partial charge >= 0.3 is 0 Å². The van der Waals surface area contributed by atoms with Gasteiger partial charge in [-0.2, -0.15) is 20.2 Å². The van der Waals surface area contributed by atoms with Gasteiger partial charge in [-0.05, 0) is 12.1 Å². The zero-order valence-corrected chi connectivity index (χ0v) is 12.3. The molecule has 0 atom stereocenters. The summed E-state index contributed by atoms with van der Waals surface area (Å²) in [5.41, 5.74) is 6.11. The number of nitrogens with two attached hydrogens (primary N) is 2. The molecule has 5 N–H and O–H groups in total. The van der Waals surface area contributed by atoms with E-state index in [0.717, 1.165) is 5.69 Å². The summed E-state index contributed by atoms with van der Waals surface area (Å²) in [5.74, 6) is 1.08. The molecule has 1 heterocycles. The average molecular weight is 324 g/mol. The van der Waals surface area contributed by atoms with Crippen molar-refractivity contribution in [1.29, 1.82) is 0 Å². The second-order valence-electron chi connectivity index (χ2n) is 3.40. The maximum absolute atomic E-state index is 10.6. The van der Waals surface area contributed by atoms with Crippen molar-refractivity contribution >= 4 is 39.5 Å². The highest BCUT2D eigenvalue weighted by Gasteiger charge is 2.02. The van der Waals surface area contributed by atoms with Crippen LogP contribution in [0.1, 0.15) is 5.69 Å². The summed E-state index contributed by atoms with van der Waals surface area (Å²) in [5, 5.41) is 5.35. The molecule has 0 amide bonds. The van der Waals surface area contributed by atoms with Crippen LogP contribution in [0.5, 0.6) is 0 Å². The van der Waals surface area contributed by atoms with E-state index in [-0.39, 0.29) is 5.96 Å². The molecule has 0 unspecified atom stereocenters. The lowest BCUT2D eigenvalue weighted by Gasteiger charge is -2.03. The molecular weight excluding hydrogens is 310 g/mol. The second-order valence-corrected chi connectivity index (χ2v) is 6.21. The molecule has 0 fully saturated rings. The first kappa shape index (κ1) is 16.0. The molecule has 0 radical (unpaired) electrons. The largest absolute Gasteiger partial charge is 0.369 e. The Morgan fingerprint density at radius 1 is 1.58 bits per heavy atom. The van der Waals surface area contributed by atoms with E-state index in [4.69, 9.17) is 22.5 Å². The average Bonchev–Trinajstić information content (AvgIpc) is 2.28. The summed E-state index contributed by atoms with van der Waals surface area (Å²) >= 11 is 7.51. The number of rotatable bonds is 6. The van der Waals surface area contributed by atoms with Crippen LogP contribution in [0, 0.1) is 0 Å². The van der Waals surface area contributed by atoms with Gasteiger partial charge in [0, 0.05) is 17.7 Å². The van der Waals surface area contributed by atoms with Crippen molar-refractivity contribution in [3.05, 3.63) is 29.0 Å². The smallest absolute Gasteiger partial charge is 0.298 e. The van der Waals surface area contributed by atoms with Gasteiger partial charge in [0.2, 0.25) is 5.96 Å². The molecule has 0 bridgehead atoms. The summed E-state index contributed by atoms with van der Waals surface area (Å²) in [4.78, 5) is 7.95. The molecule has 0 aliphatic heterocycles. The van der Waals surface area contributed by atoms with Crippen molar-refractivity contribution in [2.75, 3.05) is 12.3 Å². The van der Waals surface area contributed by atoms with E-state index in [1.54, 1.807) is 30.1 Å². The predicted octanol–water partition coefficient (Wildman–Crippen LogP) is 0.0760. The van der Waals surface area contributed by atoms with Crippen LogP contribution in [-0.2, 0) is 16.0 Å². The highest BCUT2D eigenvalue weighted by atomic mass is 35.5. The minimum Gasteiger partial charge on any atom is -0.369 e. The lowest BCUT2D eigenvalue weighted by molar-refractivity contribution is 0.594. The Hall–Kier alpha value is -1.03. The SMILES string of the molecule is NC(=NCCSCc1ncccc1Cl)NS(N)(=O)=O. The molecule has 10 heteroatoms. The highest BCUT2D eigenvalue weighted by Crippen LogP contribution is 2.18. The molecule has 0 spiro atoms. The number of hydrogen-bond donors (Lipinski definition) is 3. The first-order valence-electron chi connectivity index (χ1n) is 5.16. The molecule has 0 saturated heterocycles. The fraction of sp³-hybridized carbons (Fsp3) is 0.333. The lowest BCUT2D eigenvalue weighted by atomic mass is 10.4. The van der Waals surface area contributed by atoms with Crippen LogP contribution in [-0.4, -0.2) is 31.7 Å². The Kier molecular flexibility index (Phi) is 6.35. The lowest BCUT2D eigenvalue weighted by Crippen LogP contribution is -2.41. The van der Waals surface area contributed by atoms with Crippen molar-refractivity contribution in [1.82, 2.24) is 9.71 Å². The van der Waals surface area contributed by atoms with E-state index in [0.29, 0.717) is 23.1 Å². The number of aliphatic imine (C=N–C) groups is 1. The van der Waals surface area contributed by atoms with Crippen LogP contribution < -0.4 is 15.6 Å². The summed E-state index contributed by atoms with van der Waals surface area (Å²) in [6.07, 6.45) is 1.67. The fourth-order valence-electron chi connectivity index (χ4n) is 1.10. The van der Waals surface area contributed by atoms with Crippen LogP contribution in [0.25, 0.3) is 0 Å². The molecule has 0 aliphatic carbocycles. The number of halogens is 1. The van der Waals surface area contributed by atoms with Gasteiger partial charge in [0.25, 0.3) is 10.2 Å². The molecule has 106 valence electrons. The molecule has 7 nitrogen and oxygen atoms in total. The third-order valence-corrected chi connectivity index (χ3v) is 3.62. The zero-order chi connectivity index (χ0) is 14.3. The van der Waals surface area contributed by atoms with E-state index < -0.39 is 10.2 Å². The number of hydrogen-bond acceptors (Lipinski definition) is 5. The number of aromatic nitrogens is 1. The van der Waals surface area contributed by atoms with Gasteiger partial charge in [-0.25, -0.2) is 9.86 Å². The van der Waals surface area contributed by atoms with Gasteiger partial charge in [-0.3, -0.25) is 9.98 Å². The summed E-state index contributed by atoms with van der Waals surface area (Å²) in [6.45, 7) is 0.365. The Morgan fingerprint density at radius 2 is 2.32 bits per heavy atom. The number of guanidine groups is 1. The maximum atomic E-state index is 10.6. The molecule has 0 aliphatic rings. The highest BCUT2D eigenvalue weighted by molar-refractivity contribution is 7.98. The number of thioether (sulfide) groups is 1. The quantitative estimate of drug-likeness (QED) is 0.388. The second kappa shape index (κ2) is 7.53. The van der Waals surface area contributed by atoms with Crippen LogP contribution in [0.3, 0.4) is 0 Å². The maximum Gasteiger partial charge on any atom is 0.298 e. The molecule has 19 heavy (non-hydrogen) atoms. The molecule has 1 rings (SSSR count). The van der Waals surface area contributed by atoms with Crippen molar-refractivity contribution in [2.45, 2.75) is 5.75 Å². The predicted molar refractivity (Wildman–Crippen MR) is 78.1 cm³/mol. The van der Waals surface area contributed by atoms with Crippen LogP contribution in [0.2, 0.25) is 5.02 Å². The van der Waals surface area contributed by atoms with Crippen LogP contribution in [0.15, 0.2) is 23.3 Å². The van der Waals surface area contributed by atoms with Crippen LogP contribution >= 0.6 is 23.4 Å². The van der Waals surface area contributed by atoms with E-state index >= 15 is 0 Å². The number of pyridine rings is 1. The van der Waals surface area contributed by atoms with Gasteiger partial charge in [0.05, 0.1) is 17.3 Å². The molecular formula is C9H14ClN5O2S2. The number of nitrogens with zero attached hydrogens (tertiary/aromatic N) is 2. The topological polar surface area (TPSA) is 123 Å². The summed E-state index contributed by atoms with van der Waals surface area (Å²) in [6, 6.07) is 3.54. The molecule has 1 aromatic rings. The normalized spacial score (nSPS) is 12.4. The molecule has 0 saturated carbocycles. The third kappa shape index (κ3) is 7.21. The summed E-state index contributed by atoms with van der Waals surface area (Å²) in [7, 11) is -3.85. The van der Waals surface area contributed by atoms with Crippen molar-refractivity contribution < 1.29 is 8.42 Å². The van der Waals surface area contributed by atoms with E-state index in [1.807, 2.05) is 4.72 Å². The van der Waals surface area contributed by atoms with Gasteiger partial charge in [-0.1, -0.05) is 11.6 Å². The van der Waals surface area contributed by atoms with Gasteiger partial charge < -0.3 is 5.73 Å². The Labute approximate surface area is 121 Å². The van der Waals surface area contributed by atoms with Gasteiger partial charge in [0.15, 0.2) is 0 Å². The first-order valence-corrected chi connectivity index (χ1v) is 8.24. The molecule has 1 aromatic heterocycles.